The predicted octanol–water partition coefficient (Wildman–Crippen LogP) is 2.66. The lowest BCUT2D eigenvalue weighted by atomic mass is 10.0. The first-order valence-corrected chi connectivity index (χ1v) is 10.5. The second kappa shape index (κ2) is 8.16. The molecule has 3 aromatic rings. The summed E-state index contributed by atoms with van der Waals surface area (Å²) in [6.07, 6.45) is 1.56. The maximum absolute atomic E-state index is 12.8. The molecule has 9 heteroatoms. The number of fused-ring (bicyclic) bond motifs is 1. The van der Waals surface area contributed by atoms with Crippen molar-refractivity contribution in [3.63, 3.8) is 0 Å². The van der Waals surface area contributed by atoms with Gasteiger partial charge in [-0.2, -0.15) is 5.26 Å². The van der Waals surface area contributed by atoms with Gasteiger partial charge in [0.25, 0.3) is 5.91 Å². The van der Waals surface area contributed by atoms with Crippen molar-refractivity contribution >= 4 is 34.5 Å². The van der Waals surface area contributed by atoms with E-state index in [2.05, 4.69) is 21.4 Å². The molecule has 0 bridgehead atoms. The molecular formula is C21H19N5O3S. The van der Waals surface area contributed by atoms with Gasteiger partial charge in [-0.05, 0) is 31.2 Å². The Morgan fingerprint density at radius 3 is 2.93 bits per heavy atom. The van der Waals surface area contributed by atoms with Crippen LogP contribution in [0, 0.1) is 25.2 Å². The Morgan fingerprint density at radius 2 is 2.20 bits per heavy atom. The number of nitriles is 1. The van der Waals surface area contributed by atoms with E-state index in [-0.39, 0.29) is 18.4 Å². The van der Waals surface area contributed by atoms with E-state index in [1.54, 1.807) is 19.2 Å². The Morgan fingerprint density at radius 1 is 1.37 bits per heavy atom. The van der Waals surface area contributed by atoms with Gasteiger partial charge in [0.1, 0.15) is 6.04 Å². The number of oxazole rings is 1. The van der Waals surface area contributed by atoms with E-state index in [1.807, 2.05) is 25.1 Å². The van der Waals surface area contributed by atoms with E-state index in [0.717, 1.165) is 11.3 Å². The number of thioether (sulfide) groups is 1. The molecule has 0 spiro atoms. The second-order valence-corrected chi connectivity index (χ2v) is 7.93. The molecule has 8 nitrogen and oxygen atoms in total. The van der Waals surface area contributed by atoms with Gasteiger partial charge in [0.15, 0.2) is 11.7 Å². The van der Waals surface area contributed by atoms with Crippen LogP contribution in [0.25, 0.3) is 22.2 Å². The minimum absolute atomic E-state index is 0.165. The molecule has 0 unspecified atom stereocenters. The Labute approximate surface area is 177 Å². The second-order valence-electron chi connectivity index (χ2n) is 6.93. The molecule has 1 aliphatic rings. The molecule has 1 atom stereocenters. The van der Waals surface area contributed by atoms with E-state index in [1.165, 1.54) is 16.7 Å². The van der Waals surface area contributed by atoms with Crippen LogP contribution >= 0.6 is 11.8 Å². The molecule has 1 aromatic carbocycles. The van der Waals surface area contributed by atoms with Crippen LogP contribution in [0.2, 0.25) is 0 Å². The van der Waals surface area contributed by atoms with Crippen molar-refractivity contribution in [3.05, 3.63) is 47.6 Å². The van der Waals surface area contributed by atoms with Gasteiger partial charge in [-0.25, -0.2) is 4.98 Å². The molecule has 1 N–H and O–H groups in total. The van der Waals surface area contributed by atoms with Crippen LogP contribution in [-0.4, -0.2) is 50.9 Å². The van der Waals surface area contributed by atoms with Crippen LogP contribution < -0.4 is 5.32 Å². The molecule has 0 radical (unpaired) electrons. The summed E-state index contributed by atoms with van der Waals surface area (Å²) in [5.74, 6) is 1.62. The van der Waals surface area contributed by atoms with Gasteiger partial charge < -0.3 is 14.6 Å². The molecule has 152 valence electrons. The first-order chi connectivity index (χ1) is 14.5. The number of aromatic nitrogens is 2. The molecule has 1 fully saturated rings. The topological polar surface area (TPSA) is 112 Å². The number of aryl methyl sites for hydroxylation is 2. The van der Waals surface area contributed by atoms with E-state index < -0.39 is 6.04 Å². The Hall–Kier alpha value is -3.38. The number of pyridine rings is 1. The maximum Gasteiger partial charge on any atom is 0.252 e. The summed E-state index contributed by atoms with van der Waals surface area (Å²) in [5, 5.41) is 12.5. The summed E-state index contributed by atoms with van der Waals surface area (Å²) in [6.45, 7) is 3.48. The fourth-order valence-corrected chi connectivity index (χ4v) is 4.54. The summed E-state index contributed by atoms with van der Waals surface area (Å²) < 4.78 is 5.70. The molecule has 1 saturated heterocycles. The molecule has 0 aliphatic carbocycles. The van der Waals surface area contributed by atoms with E-state index >= 15 is 0 Å². The van der Waals surface area contributed by atoms with Crippen molar-refractivity contribution in [1.82, 2.24) is 20.2 Å². The quantitative estimate of drug-likeness (QED) is 0.689. The van der Waals surface area contributed by atoms with Crippen molar-refractivity contribution < 1.29 is 14.0 Å². The molecule has 3 heterocycles. The monoisotopic (exact) mass is 421 g/mol. The van der Waals surface area contributed by atoms with Gasteiger partial charge in [-0.15, -0.1) is 11.8 Å². The Kier molecular flexibility index (Phi) is 5.42. The first kappa shape index (κ1) is 19.9. The van der Waals surface area contributed by atoms with Crippen LogP contribution in [0.1, 0.15) is 21.9 Å². The summed E-state index contributed by atoms with van der Waals surface area (Å²) >= 11 is 1.53. The minimum atomic E-state index is -0.447. The average Bonchev–Trinajstić information content (AvgIpc) is 3.36. The standard InChI is InChI=1S/C21H19N5O3S/c1-12-20(29-13(2)25-12)14-3-4-18-17(7-14)16(5-6-23-18)21(28)24-9-19(27)26-11-30-10-15(26)8-22/h3-7,15H,9-11H2,1-2H3,(H,24,28)/t15-/m1/s1. The van der Waals surface area contributed by atoms with Crippen molar-refractivity contribution in [2.45, 2.75) is 19.9 Å². The molecule has 1 aliphatic heterocycles. The van der Waals surface area contributed by atoms with Gasteiger partial charge in [-0.1, -0.05) is 0 Å². The van der Waals surface area contributed by atoms with Crippen LogP contribution in [-0.2, 0) is 4.79 Å². The van der Waals surface area contributed by atoms with Crippen LogP contribution in [0.5, 0.6) is 0 Å². The molecule has 4 rings (SSSR count). The normalized spacial score (nSPS) is 15.9. The number of amides is 2. The lowest BCUT2D eigenvalue weighted by molar-refractivity contribution is -0.129. The number of carbonyl (C=O) groups is 2. The van der Waals surface area contributed by atoms with Gasteiger partial charge >= 0.3 is 0 Å². The predicted molar refractivity (Wildman–Crippen MR) is 113 cm³/mol. The third-order valence-corrected chi connectivity index (χ3v) is 5.92. The summed E-state index contributed by atoms with van der Waals surface area (Å²) in [4.78, 5) is 35.4. The summed E-state index contributed by atoms with van der Waals surface area (Å²) in [6, 6.07) is 8.83. The van der Waals surface area contributed by atoms with Gasteiger partial charge in [0.05, 0.1) is 35.3 Å². The Balaban J connectivity index is 1.58. The number of nitrogens with zero attached hydrogens (tertiary/aromatic N) is 4. The molecule has 0 saturated carbocycles. The lowest BCUT2D eigenvalue weighted by Gasteiger charge is -2.18. The van der Waals surface area contributed by atoms with E-state index in [0.29, 0.717) is 39.7 Å². The highest BCUT2D eigenvalue weighted by atomic mass is 32.2. The first-order valence-electron chi connectivity index (χ1n) is 9.36. The van der Waals surface area contributed by atoms with Crippen molar-refractivity contribution in [2.24, 2.45) is 0 Å². The summed E-state index contributed by atoms with van der Waals surface area (Å²) in [7, 11) is 0. The average molecular weight is 421 g/mol. The van der Waals surface area contributed by atoms with E-state index in [4.69, 9.17) is 9.68 Å². The number of rotatable bonds is 4. The molecule has 2 aromatic heterocycles. The Bertz CT molecular complexity index is 1180. The lowest BCUT2D eigenvalue weighted by Crippen LogP contribution is -2.42. The fourth-order valence-electron chi connectivity index (χ4n) is 3.43. The number of benzene rings is 1. The van der Waals surface area contributed by atoms with Crippen LogP contribution in [0.4, 0.5) is 0 Å². The summed E-state index contributed by atoms with van der Waals surface area (Å²) in [5.41, 5.74) is 2.64. The van der Waals surface area contributed by atoms with E-state index in [9.17, 15) is 9.59 Å². The number of hydrogen-bond donors (Lipinski definition) is 1. The smallest absolute Gasteiger partial charge is 0.252 e. The highest BCUT2D eigenvalue weighted by Gasteiger charge is 2.29. The fraction of sp³-hybridized carbons (Fsp3) is 0.286. The molecule has 30 heavy (non-hydrogen) atoms. The highest BCUT2D eigenvalue weighted by molar-refractivity contribution is 7.99. The van der Waals surface area contributed by atoms with Crippen molar-refractivity contribution in [3.8, 4) is 17.4 Å². The largest absolute Gasteiger partial charge is 0.441 e. The van der Waals surface area contributed by atoms with Gasteiger partial charge in [-0.3, -0.25) is 14.6 Å². The van der Waals surface area contributed by atoms with Gasteiger partial charge in [0.2, 0.25) is 5.91 Å². The number of nitrogens with one attached hydrogen (secondary N) is 1. The van der Waals surface area contributed by atoms with Crippen LogP contribution in [0.3, 0.4) is 0 Å². The number of hydrogen-bond acceptors (Lipinski definition) is 7. The minimum Gasteiger partial charge on any atom is -0.441 e. The van der Waals surface area contributed by atoms with Crippen LogP contribution in [0.15, 0.2) is 34.9 Å². The zero-order chi connectivity index (χ0) is 21.3. The zero-order valence-corrected chi connectivity index (χ0v) is 17.3. The van der Waals surface area contributed by atoms with Crippen molar-refractivity contribution in [1.29, 1.82) is 5.26 Å². The van der Waals surface area contributed by atoms with Crippen molar-refractivity contribution in [2.75, 3.05) is 18.2 Å². The number of carbonyl (C=O) groups excluding carboxylic acids is 2. The molecule has 2 amide bonds. The zero-order valence-electron chi connectivity index (χ0n) is 16.5. The SMILES string of the molecule is Cc1nc(C)c(-c2ccc3nccc(C(=O)NCC(=O)N4CSC[C@H]4C#N)c3c2)o1. The van der Waals surface area contributed by atoms with Gasteiger partial charge in [0, 0.05) is 29.8 Å². The third kappa shape index (κ3) is 3.74. The maximum atomic E-state index is 12.8. The highest BCUT2D eigenvalue weighted by Crippen LogP contribution is 2.28. The molecular weight excluding hydrogens is 402 g/mol. The third-order valence-electron chi connectivity index (χ3n) is 4.90.